The minimum Gasteiger partial charge on any atom is -0.508 e. The molecule has 136 valence electrons. The number of hydrogen-bond acceptors (Lipinski definition) is 5. The lowest BCUT2D eigenvalue weighted by Crippen LogP contribution is -2.50. The molecule has 7 nitrogen and oxygen atoms in total. The highest BCUT2D eigenvalue weighted by Crippen LogP contribution is 2.23. The maximum Gasteiger partial charge on any atom is 0.257 e. The average Bonchev–Trinajstić information content (AvgIpc) is 2.66. The Labute approximate surface area is 151 Å². The van der Waals surface area contributed by atoms with Gasteiger partial charge in [0.2, 0.25) is 0 Å². The summed E-state index contributed by atoms with van der Waals surface area (Å²) >= 11 is 0. The van der Waals surface area contributed by atoms with Crippen molar-refractivity contribution in [2.24, 2.45) is 0 Å². The van der Waals surface area contributed by atoms with Gasteiger partial charge in [-0.3, -0.25) is 9.59 Å². The van der Waals surface area contributed by atoms with Crippen LogP contribution in [0, 0.1) is 0 Å². The van der Waals surface area contributed by atoms with Gasteiger partial charge in [0.05, 0.1) is 12.7 Å². The van der Waals surface area contributed by atoms with E-state index in [0.717, 1.165) is 0 Å². The van der Waals surface area contributed by atoms with Gasteiger partial charge in [0.15, 0.2) is 0 Å². The van der Waals surface area contributed by atoms with Crippen molar-refractivity contribution < 1.29 is 24.5 Å². The molecule has 26 heavy (non-hydrogen) atoms. The summed E-state index contributed by atoms with van der Waals surface area (Å²) < 4.78 is 5.24. The summed E-state index contributed by atoms with van der Waals surface area (Å²) in [7, 11) is 1.52. The predicted molar refractivity (Wildman–Crippen MR) is 94.6 cm³/mol. The van der Waals surface area contributed by atoms with E-state index in [1.807, 2.05) is 0 Å². The summed E-state index contributed by atoms with van der Waals surface area (Å²) in [5.41, 5.74) is 0.708. The van der Waals surface area contributed by atoms with Gasteiger partial charge in [0.1, 0.15) is 17.2 Å². The molecule has 1 heterocycles. The molecule has 0 aromatic heterocycles. The first-order chi connectivity index (χ1) is 12.5. The molecule has 2 aromatic carbocycles. The number of piperazine rings is 1. The van der Waals surface area contributed by atoms with Crippen molar-refractivity contribution in [1.29, 1.82) is 0 Å². The fourth-order valence-corrected chi connectivity index (χ4v) is 3.01. The highest BCUT2D eigenvalue weighted by atomic mass is 16.5. The number of para-hydroxylation sites is 1. The third-order valence-corrected chi connectivity index (χ3v) is 4.34. The SMILES string of the molecule is COc1ccccc1C(=O)N1CCN(C(=O)c2cc(O)cc(O)c2)CC1. The lowest BCUT2D eigenvalue weighted by atomic mass is 10.1. The number of ether oxygens (including phenoxy) is 1. The van der Waals surface area contributed by atoms with E-state index in [1.54, 1.807) is 34.1 Å². The van der Waals surface area contributed by atoms with E-state index in [1.165, 1.54) is 25.3 Å². The molecule has 2 amide bonds. The number of aromatic hydroxyl groups is 2. The van der Waals surface area contributed by atoms with Crippen LogP contribution in [0.3, 0.4) is 0 Å². The van der Waals surface area contributed by atoms with Crippen LogP contribution in [0.25, 0.3) is 0 Å². The summed E-state index contributed by atoms with van der Waals surface area (Å²) in [5, 5.41) is 19.1. The quantitative estimate of drug-likeness (QED) is 0.874. The highest BCUT2D eigenvalue weighted by molar-refractivity contribution is 5.98. The van der Waals surface area contributed by atoms with Crippen LogP contribution in [-0.2, 0) is 0 Å². The van der Waals surface area contributed by atoms with E-state index >= 15 is 0 Å². The number of methoxy groups -OCH3 is 1. The fraction of sp³-hybridized carbons (Fsp3) is 0.263. The molecule has 2 aromatic rings. The van der Waals surface area contributed by atoms with Gasteiger partial charge in [-0.25, -0.2) is 0 Å². The van der Waals surface area contributed by atoms with E-state index in [9.17, 15) is 19.8 Å². The Morgan fingerprint density at radius 3 is 2.00 bits per heavy atom. The molecule has 0 atom stereocenters. The summed E-state index contributed by atoms with van der Waals surface area (Å²) in [5.74, 6) is -0.243. The highest BCUT2D eigenvalue weighted by Gasteiger charge is 2.27. The topological polar surface area (TPSA) is 90.3 Å². The van der Waals surface area contributed by atoms with Crippen LogP contribution >= 0.6 is 0 Å². The standard InChI is InChI=1S/C19H20N2O5/c1-26-17-5-3-2-4-16(17)19(25)21-8-6-20(7-9-21)18(24)13-10-14(22)12-15(23)11-13/h2-5,10-12,22-23H,6-9H2,1H3. The molecule has 0 bridgehead atoms. The van der Waals surface area contributed by atoms with Crippen LogP contribution in [0.1, 0.15) is 20.7 Å². The lowest BCUT2D eigenvalue weighted by molar-refractivity contribution is 0.0533. The van der Waals surface area contributed by atoms with Crippen molar-refractivity contribution in [3.05, 3.63) is 53.6 Å². The number of nitrogens with zero attached hydrogens (tertiary/aromatic N) is 2. The Bertz CT molecular complexity index is 808. The third kappa shape index (κ3) is 3.56. The molecular formula is C19H20N2O5. The first-order valence-corrected chi connectivity index (χ1v) is 8.24. The number of carbonyl (C=O) groups is 2. The molecule has 0 spiro atoms. The van der Waals surface area contributed by atoms with Crippen LogP contribution in [0.2, 0.25) is 0 Å². The van der Waals surface area contributed by atoms with E-state index in [4.69, 9.17) is 4.74 Å². The van der Waals surface area contributed by atoms with Gasteiger partial charge in [-0.15, -0.1) is 0 Å². The number of amides is 2. The number of benzene rings is 2. The van der Waals surface area contributed by atoms with Crippen molar-refractivity contribution in [2.45, 2.75) is 0 Å². The van der Waals surface area contributed by atoms with Gasteiger partial charge in [0, 0.05) is 37.8 Å². The largest absolute Gasteiger partial charge is 0.508 e. The van der Waals surface area contributed by atoms with Gasteiger partial charge in [-0.2, -0.15) is 0 Å². The van der Waals surface area contributed by atoms with Crippen molar-refractivity contribution in [2.75, 3.05) is 33.3 Å². The molecule has 1 aliphatic heterocycles. The predicted octanol–water partition coefficient (Wildman–Crippen LogP) is 1.70. The summed E-state index contributed by atoms with van der Waals surface area (Å²) in [6, 6.07) is 10.8. The minimum absolute atomic E-state index is 0.135. The van der Waals surface area contributed by atoms with Crippen molar-refractivity contribution in [3.8, 4) is 17.2 Å². The monoisotopic (exact) mass is 356 g/mol. The zero-order chi connectivity index (χ0) is 18.7. The second-order valence-electron chi connectivity index (χ2n) is 6.02. The number of rotatable bonds is 3. The molecular weight excluding hydrogens is 336 g/mol. The van der Waals surface area contributed by atoms with E-state index in [-0.39, 0.29) is 28.9 Å². The normalized spacial score (nSPS) is 14.2. The molecule has 0 radical (unpaired) electrons. The number of carbonyl (C=O) groups excluding carboxylic acids is 2. The molecule has 7 heteroatoms. The Morgan fingerprint density at radius 2 is 1.42 bits per heavy atom. The van der Waals surface area contributed by atoms with Crippen molar-refractivity contribution >= 4 is 11.8 Å². The van der Waals surface area contributed by atoms with Gasteiger partial charge >= 0.3 is 0 Å². The van der Waals surface area contributed by atoms with E-state index in [2.05, 4.69) is 0 Å². The number of phenolic OH excluding ortho intramolecular Hbond substituents is 2. The maximum atomic E-state index is 12.7. The number of phenols is 2. The molecule has 0 saturated carbocycles. The first kappa shape index (κ1) is 17.6. The molecule has 1 fully saturated rings. The zero-order valence-corrected chi connectivity index (χ0v) is 14.4. The Balaban J connectivity index is 1.67. The van der Waals surface area contributed by atoms with E-state index < -0.39 is 0 Å². The summed E-state index contributed by atoms with van der Waals surface area (Å²) in [4.78, 5) is 28.5. The van der Waals surface area contributed by atoms with Gasteiger partial charge < -0.3 is 24.7 Å². The smallest absolute Gasteiger partial charge is 0.257 e. The molecule has 0 aliphatic carbocycles. The Morgan fingerprint density at radius 1 is 0.885 bits per heavy atom. The first-order valence-electron chi connectivity index (χ1n) is 8.24. The molecule has 1 aliphatic rings. The summed E-state index contributed by atoms with van der Waals surface area (Å²) in [6.45, 7) is 1.53. The molecule has 0 unspecified atom stereocenters. The zero-order valence-electron chi connectivity index (χ0n) is 14.4. The van der Waals surface area contributed by atoms with Crippen molar-refractivity contribution in [1.82, 2.24) is 9.80 Å². The number of hydrogen-bond donors (Lipinski definition) is 2. The van der Waals surface area contributed by atoms with Crippen LogP contribution in [0.15, 0.2) is 42.5 Å². The molecule has 3 rings (SSSR count). The lowest BCUT2D eigenvalue weighted by Gasteiger charge is -2.35. The van der Waals surface area contributed by atoms with Crippen LogP contribution in [-0.4, -0.2) is 65.1 Å². The van der Waals surface area contributed by atoms with Gasteiger partial charge in [-0.05, 0) is 24.3 Å². The Hall–Kier alpha value is -3.22. The maximum absolute atomic E-state index is 12.7. The fourth-order valence-electron chi connectivity index (χ4n) is 3.01. The minimum atomic E-state index is -0.291. The Kier molecular flexibility index (Phi) is 4.97. The van der Waals surface area contributed by atoms with Crippen LogP contribution < -0.4 is 4.74 Å². The van der Waals surface area contributed by atoms with E-state index in [0.29, 0.717) is 37.5 Å². The van der Waals surface area contributed by atoms with Crippen molar-refractivity contribution in [3.63, 3.8) is 0 Å². The second kappa shape index (κ2) is 7.35. The second-order valence-corrected chi connectivity index (χ2v) is 6.02. The average molecular weight is 356 g/mol. The van der Waals surface area contributed by atoms with Gasteiger partial charge in [-0.1, -0.05) is 12.1 Å². The third-order valence-electron chi connectivity index (χ3n) is 4.34. The summed E-state index contributed by atoms with van der Waals surface area (Å²) in [6.07, 6.45) is 0. The van der Waals surface area contributed by atoms with Crippen LogP contribution in [0.4, 0.5) is 0 Å². The van der Waals surface area contributed by atoms with Gasteiger partial charge in [0.25, 0.3) is 11.8 Å². The van der Waals surface area contributed by atoms with Crippen LogP contribution in [0.5, 0.6) is 17.2 Å². The molecule has 1 saturated heterocycles. The molecule has 2 N–H and O–H groups in total.